The molecule has 0 heterocycles. The number of aliphatic carboxylic acids is 1. The number of carbonyl (C=O) groups is 1. The molecule has 0 spiro atoms. The SMILES string of the molecule is CC(C)S(=O)(=O)NC(CN)C(=O)O. The van der Waals surface area contributed by atoms with Gasteiger partial charge in [-0.3, -0.25) is 4.79 Å². The molecule has 4 N–H and O–H groups in total. The normalized spacial score (nSPS) is 14.5. The van der Waals surface area contributed by atoms with Crippen molar-refractivity contribution < 1.29 is 18.3 Å². The van der Waals surface area contributed by atoms with E-state index in [0.29, 0.717) is 0 Å². The largest absolute Gasteiger partial charge is 0.480 e. The molecular formula is C6H14N2O4S. The van der Waals surface area contributed by atoms with Gasteiger partial charge in [0.05, 0.1) is 5.25 Å². The maximum absolute atomic E-state index is 11.2. The maximum atomic E-state index is 11.2. The number of sulfonamides is 1. The van der Waals surface area contributed by atoms with Crippen molar-refractivity contribution in [1.29, 1.82) is 0 Å². The molecule has 1 unspecified atom stereocenters. The van der Waals surface area contributed by atoms with Gasteiger partial charge in [-0.25, -0.2) is 8.42 Å². The molecule has 0 amide bonds. The Morgan fingerprint density at radius 1 is 1.54 bits per heavy atom. The third-order valence-electron chi connectivity index (χ3n) is 1.46. The number of carboxylic acids is 1. The third kappa shape index (κ3) is 3.71. The molecule has 0 aromatic carbocycles. The molecule has 0 bridgehead atoms. The zero-order chi connectivity index (χ0) is 10.6. The Morgan fingerprint density at radius 2 is 2.00 bits per heavy atom. The van der Waals surface area contributed by atoms with Crippen molar-refractivity contribution in [3.8, 4) is 0 Å². The standard InChI is InChI=1S/C6H14N2O4S/c1-4(2)13(11,12)8-5(3-7)6(9)10/h4-5,8H,3,7H2,1-2H3,(H,9,10). The van der Waals surface area contributed by atoms with E-state index in [0.717, 1.165) is 0 Å². The van der Waals surface area contributed by atoms with Crippen LogP contribution in [0.1, 0.15) is 13.8 Å². The molecule has 7 heteroatoms. The van der Waals surface area contributed by atoms with Gasteiger partial charge < -0.3 is 10.8 Å². The summed E-state index contributed by atoms with van der Waals surface area (Å²) in [4.78, 5) is 10.4. The Labute approximate surface area is 77.2 Å². The molecular weight excluding hydrogens is 196 g/mol. The highest BCUT2D eigenvalue weighted by Gasteiger charge is 2.24. The van der Waals surface area contributed by atoms with Crippen molar-refractivity contribution in [3.63, 3.8) is 0 Å². The minimum absolute atomic E-state index is 0.263. The molecule has 0 aliphatic heterocycles. The summed E-state index contributed by atoms with van der Waals surface area (Å²) in [5, 5.41) is 7.85. The van der Waals surface area contributed by atoms with Gasteiger partial charge in [-0.1, -0.05) is 0 Å². The first kappa shape index (κ1) is 12.3. The molecule has 6 nitrogen and oxygen atoms in total. The fraction of sp³-hybridized carbons (Fsp3) is 0.833. The molecule has 0 rings (SSSR count). The number of nitrogens with one attached hydrogen (secondary N) is 1. The lowest BCUT2D eigenvalue weighted by molar-refractivity contribution is -0.138. The van der Waals surface area contributed by atoms with Crippen LogP contribution in [-0.4, -0.2) is 37.3 Å². The topological polar surface area (TPSA) is 109 Å². The molecule has 13 heavy (non-hydrogen) atoms. The molecule has 0 aromatic heterocycles. The van der Waals surface area contributed by atoms with E-state index in [2.05, 4.69) is 0 Å². The van der Waals surface area contributed by atoms with E-state index in [9.17, 15) is 13.2 Å². The van der Waals surface area contributed by atoms with Crippen molar-refractivity contribution in [3.05, 3.63) is 0 Å². The van der Waals surface area contributed by atoms with Crippen LogP contribution in [0, 0.1) is 0 Å². The average Bonchev–Trinajstić information content (AvgIpc) is 1.99. The van der Waals surface area contributed by atoms with E-state index in [1.807, 2.05) is 4.72 Å². The number of nitrogens with two attached hydrogens (primary N) is 1. The second-order valence-electron chi connectivity index (χ2n) is 2.84. The summed E-state index contributed by atoms with van der Waals surface area (Å²) in [6.07, 6.45) is 0. The van der Waals surface area contributed by atoms with E-state index < -0.39 is 27.3 Å². The Bertz CT molecular complexity index is 272. The summed E-state index contributed by atoms with van der Waals surface area (Å²) in [5.74, 6) is -1.27. The maximum Gasteiger partial charge on any atom is 0.323 e. The van der Waals surface area contributed by atoms with E-state index in [-0.39, 0.29) is 6.54 Å². The van der Waals surface area contributed by atoms with Crippen LogP contribution in [0.4, 0.5) is 0 Å². The van der Waals surface area contributed by atoms with Gasteiger partial charge in [0.2, 0.25) is 10.0 Å². The van der Waals surface area contributed by atoms with Crippen LogP contribution >= 0.6 is 0 Å². The molecule has 0 fully saturated rings. The number of hydrogen-bond acceptors (Lipinski definition) is 4. The number of hydrogen-bond donors (Lipinski definition) is 3. The van der Waals surface area contributed by atoms with Gasteiger partial charge in [-0.2, -0.15) is 4.72 Å². The van der Waals surface area contributed by atoms with Gasteiger partial charge in [0.15, 0.2) is 0 Å². The van der Waals surface area contributed by atoms with Crippen molar-refractivity contribution in [2.45, 2.75) is 25.1 Å². The first-order valence-corrected chi connectivity index (χ1v) is 5.30. The van der Waals surface area contributed by atoms with Gasteiger partial charge in [-0.05, 0) is 13.8 Å². The summed E-state index contributed by atoms with van der Waals surface area (Å²) in [7, 11) is -3.57. The minimum atomic E-state index is -3.57. The zero-order valence-corrected chi connectivity index (χ0v) is 8.34. The van der Waals surface area contributed by atoms with Crippen LogP contribution in [-0.2, 0) is 14.8 Å². The molecule has 0 radical (unpaired) electrons. The predicted octanol–water partition coefficient (Wildman–Crippen LogP) is -1.27. The summed E-state index contributed by atoms with van der Waals surface area (Å²) in [5.41, 5.74) is 5.07. The van der Waals surface area contributed by atoms with Gasteiger partial charge >= 0.3 is 5.97 Å². The highest BCUT2D eigenvalue weighted by molar-refractivity contribution is 7.90. The second kappa shape index (κ2) is 4.54. The summed E-state index contributed by atoms with van der Waals surface area (Å²) in [6, 6.07) is -1.24. The zero-order valence-electron chi connectivity index (χ0n) is 7.52. The molecule has 0 saturated heterocycles. The molecule has 1 atom stereocenters. The highest BCUT2D eigenvalue weighted by atomic mass is 32.2. The highest BCUT2D eigenvalue weighted by Crippen LogP contribution is 1.97. The lowest BCUT2D eigenvalue weighted by atomic mass is 10.3. The van der Waals surface area contributed by atoms with Crippen molar-refractivity contribution >= 4 is 16.0 Å². The Balaban J connectivity index is 4.50. The van der Waals surface area contributed by atoms with Gasteiger partial charge in [0.1, 0.15) is 6.04 Å². The summed E-state index contributed by atoms with van der Waals surface area (Å²) < 4.78 is 24.3. The van der Waals surface area contributed by atoms with E-state index in [4.69, 9.17) is 10.8 Å². The van der Waals surface area contributed by atoms with E-state index in [1.54, 1.807) is 0 Å². The van der Waals surface area contributed by atoms with Crippen molar-refractivity contribution in [2.24, 2.45) is 5.73 Å². The van der Waals surface area contributed by atoms with Crippen molar-refractivity contribution in [2.75, 3.05) is 6.54 Å². The monoisotopic (exact) mass is 210 g/mol. The Hall–Kier alpha value is -0.660. The van der Waals surface area contributed by atoms with Crippen molar-refractivity contribution in [1.82, 2.24) is 4.72 Å². The fourth-order valence-electron chi connectivity index (χ4n) is 0.534. The lowest BCUT2D eigenvalue weighted by Gasteiger charge is -2.14. The Morgan fingerprint density at radius 3 is 2.23 bits per heavy atom. The number of carboxylic acid groups (broad SMARTS) is 1. The molecule has 78 valence electrons. The fourth-order valence-corrected chi connectivity index (χ4v) is 1.40. The first-order chi connectivity index (χ1) is 5.81. The van der Waals surface area contributed by atoms with Gasteiger partial charge in [0.25, 0.3) is 0 Å². The first-order valence-electron chi connectivity index (χ1n) is 3.75. The molecule has 0 saturated carbocycles. The van der Waals surface area contributed by atoms with Gasteiger partial charge in [0, 0.05) is 6.54 Å². The third-order valence-corrected chi connectivity index (χ3v) is 3.32. The number of rotatable bonds is 5. The quantitative estimate of drug-likeness (QED) is 0.524. The van der Waals surface area contributed by atoms with Crippen LogP contribution in [0.5, 0.6) is 0 Å². The Kier molecular flexibility index (Phi) is 4.31. The molecule has 0 aliphatic rings. The lowest BCUT2D eigenvalue weighted by Crippen LogP contribution is -2.47. The molecule has 0 aliphatic carbocycles. The second-order valence-corrected chi connectivity index (χ2v) is 5.11. The summed E-state index contributed by atoms with van der Waals surface area (Å²) in [6.45, 7) is 2.65. The smallest absolute Gasteiger partial charge is 0.323 e. The van der Waals surface area contributed by atoms with Crippen LogP contribution < -0.4 is 10.5 Å². The molecule has 0 aromatic rings. The van der Waals surface area contributed by atoms with E-state index >= 15 is 0 Å². The predicted molar refractivity (Wildman–Crippen MR) is 47.7 cm³/mol. The van der Waals surface area contributed by atoms with Crippen LogP contribution in [0.2, 0.25) is 0 Å². The van der Waals surface area contributed by atoms with Gasteiger partial charge in [-0.15, -0.1) is 0 Å². The summed E-state index contributed by atoms with van der Waals surface area (Å²) >= 11 is 0. The van der Waals surface area contributed by atoms with Crippen LogP contribution in [0.15, 0.2) is 0 Å². The van der Waals surface area contributed by atoms with E-state index in [1.165, 1.54) is 13.8 Å². The minimum Gasteiger partial charge on any atom is -0.480 e. The van der Waals surface area contributed by atoms with Crippen LogP contribution in [0.3, 0.4) is 0 Å². The van der Waals surface area contributed by atoms with Crippen LogP contribution in [0.25, 0.3) is 0 Å². The average molecular weight is 210 g/mol.